The number of carbonyl (C=O) groups excluding carboxylic acids is 1. The monoisotopic (exact) mass is 278 g/mol. The van der Waals surface area contributed by atoms with E-state index in [0.29, 0.717) is 25.7 Å². The SMILES string of the molecule is CCOCCOC(=O)[C@H](C)c1ccc(CC(C)C)cc1. The van der Waals surface area contributed by atoms with E-state index in [9.17, 15) is 4.79 Å². The summed E-state index contributed by atoms with van der Waals surface area (Å²) in [5.41, 5.74) is 2.31. The van der Waals surface area contributed by atoms with Crippen LogP contribution < -0.4 is 0 Å². The van der Waals surface area contributed by atoms with Gasteiger partial charge in [0, 0.05) is 6.61 Å². The normalized spacial score (nSPS) is 12.4. The third-order valence-corrected chi connectivity index (χ3v) is 3.15. The Kier molecular flexibility index (Phi) is 7.31. The van der Waals surface area contributed by atoms with Crippen molar-refractivity contribution >= 4 is 5.97 Å². The van der Waals surface area contributed by atoms with Crippen molar-refractivity contribution in [3.8, 4) is 0 Å². The van der Waals surface area contributed by atoms with E-state index in [1.54, 1.807) is 0 Å². The van der Waals surface area contributed by atoms with Gasteiger partial charge in [-0.3, -0.25) is 4.79 Å². The molecule has 0 radical (unpaired) electrons. The van der Waals surface area contributed by atoms with Crippen molar-refractivity contribution in [2.75, 3.05) is 19.8 Å². The van der Waals surface area contributed by atoms with E-state index in [4.69, 9.17) is 9.47 Å². The molecule has 0 saturated heterocycles. The lowest BCUT2D eigenvalue weighted by Gasteiger charge is -2.13. The van der Waals surface area contributed by atoms with Gasteiger partial charge in [0.15, 0.2) is 0 Å². The fraction of sp³-hybridized carbons (Fsp3) is 0.588. The first-order chi connectivity index (χ1) is 9.54. The Morgan fingerprint density at radius 3 is 2.30 bits per heavy atom. The first-order valence-electron chi connectivity index (χ1n) is 7.37. The molecule has 0 saturated carbocycles. The molecule has 0 spiro atoms. The summed E-state index contributed by atoms with van der Waals surface area (Å²) in [5.74, 6) is 0.216. The lowest BCUT2D eigenvalue weighted by Crippen LogP contribution is -2.16. The van der Waals surface area contributed by atoms with Crippen LogP contribution in [0.15, 0.2) is 24.3 Å². The van der Waals surface area contributed by atoms with Gasteiger partial charge in [0.25, 0.3) is 0 Å². The molecule has 3 nitrogen and oxygen atoms in total. The first-order valence-corrected chi connectivity index (χ1v) is 7.37. The zero-order chi connectivity index (χ0) is 15.0. The molecular formula is C17H26O3. The number of esters is 1. The minimum Gasteiger partial charge on any atom is -0.463 e. The van der Waals surface area contributed by atoms with Crippen molar-refractivity contribution < 1.29 is 14.3 Å². The van der Waals surface area contributed by atoms with Gasteiger partial charge < -0.3 is 9.47 Å². The van der Waals surface area contributed by atoms with Crippen LogP contribution in [0.3, 0.4) is 0 Å². The molecule has 0 amide bonds. The molecule has 1 rings (SSSR count). The molecule has 112 valence electrons. The molecule has 1 aromatic carbocycles. The number of rotatable bonds is 8. The average molecular weight is 278 g/mol. The van der Waals surface area contributed by atoms with Crippen LogP contribution in [-0.4, -0.2) is 25.8 Å². The molecule has 0 aromatic heterocycles. The zero-order valence-corrected chi connectivity index (χ0v) is 13.0. The van der Waals surface area contributed by atoms with Crippen LogP contribution in [0.5, 0.6) is 0 Å². The van der Waals surface area contributed by atoms with Gasteiger partial charge in [-0.1, -0.05) is 38.1 Å². The summed E-state index contributed by atoms with van der Waals surface area (Å²) in [6.07, 6.45) is 1.06. The Labute approximate surface area is 122 Å². The molecule has 0 bridgehead atoms. The molecular weight excluding hydrogens is 252 g/mol. The Hall–Kier alpha value is -1.35. The highest BCUT2D eigenvalue weighted by atomic mass is 16.6. The van der Waals surface area contributed by atoms with Crippen LogP contribution >= 0.6 is 0 Å². The number of hydrogen-bond donors (Lipinski definition) is 0. The van der Waals surface area contributed by atoms with Crippen LogP contribution in [0.25, 0.3) is 0 Å². The topological polar surface area (TPSA) is 35.5 Å². The molecule has 0 aliphatic rings. The smallest absolute Gasteiger partial charge is 0.313 e. The Balaban J connectivity index is 2.49. The van der Waals surface area contributed by atoms with Gasteiger partial charge >= 0.3 is 5.97 Å². The van der Waals surface area contributed by atoms with Gasteiger partial charge in [0.2, 0.25) is 0 Å². The van der Waals surface area contributed by atoms with Gasteiger partial charge in [-0.05, 0) is 37.3 Å². The highest BCUT2D eigenvalue weighted by Gasteiger charge is 2.16. The third-order valence-electron chi connectivity index (χ3n) is 3.15. The summed E-state index contributed by atoms with van der Waals surface area (Å²) >= 11 is 0. The second-order valence-electron chi connectivity index (χ2n) is 5.43. The lowest BCUT2D eigenvalue weighted by atomic mass is 9.97. The largest absolute Gasteiger partial charge is 0.463 e. The number of hydrogen-bond acceptors (Lipinski definition) is 3. The van der Waals surface area contributed by atoms with E-state index in [-0.39, 0.29) is 11.9 Å². The lowest BCUT2D eigenvalue weighted by molar-refractivity contribution is -0.146. The molecule has 0 aliphatic carbocycles. The summed E-state index contributed by atoms with van der Waals surface area (Å²) in [6, 6.07) is 8.23. The molecule has 1 aromatic rings. The van der Waals surface area contributed by atoms with Crippen molar-refractivity contribution in [2.24, 2.45) is 5.92 Å². The second-order valence-corrected chi connectivity index (χ2v) is 5.43. The Morgan fingerprint density at radius 1 is 1.10 bits per heavy atom. The summed E-state index contributed by atoms with van der Waals surface area (Å²) in [6.45, 7) is 9.62. The molecule has 0 N–H and O–H groups in total. The Bertz CT molecular complexity index is 395. The number of carbonyl (C=O) groups is 1. The minimum absolute atomic E-state index is 0.193. The van der Waals surface area contributed by atoms with E-state index in [2.05, 4.69) is 26.0 Å². The second kappa shape index (κ2) is 8.75. The predicted molar refractivity (Wildman–Crippen MR) is 80.9 cm³/mol. The number of benzene rings is 1. The highest BCUT2D eigenvalue weighted by molar-refractivity contribution is 5.77. The minimum atomic E-state index is -0.232. The molecule has 0 unspecified atom stereocenters. The molecule has 1 atom stereocenters. The summed E-state index contributed by atoms with van der Waals surface area (Å²) in [4.78, 5) is 11.9. The van der Waals surface area contributed by atoms with E-state index >= 15 is 0 Å². The van der Waals surface area contributed by atoms with Crippen molar-refractivity contribution in [1.82, 2.24) is 0 Å². The van der Waals surface area contributed by atoms with E-state index in [0.717, 1.165) is 12.0 Å². The van der Waals surface area contributed by atoms with Crippen molar-refractivity contribution in [1.29, 1.82) is 0 Å². The zero-order valence-electron chi connectivity index (χ0n) is 13.0. The third kappa shape index (κ3) is 5.74. The van der Waals surface area contributed by atoms with E-state index in [1.807, 2.05) is 26.0 Å². The van der Waals surface area contributed by atoms with Gasteiger partial charge in [-0.25, -0.2) is 0 Å². The fourth-order valence-corrected chi connectivity index (χ4v) is 2.02. The quantitative estimate of drug-likeness (QED) is 0.538. The standard InChI is InChI=1S/C17H26O3/c1-5-19-10-11-20-17(18)14(4)16-8-6-15(7-9-16)12-13(2)3/h6-9,13-14H,5,10-12H2,1-4H3/t14-/m1/s1. The van der Waals surface area contributed by atoms with Crippen molar-refractivity contribution in [3.63, 3.8) is 0 Å². The molecule has 0 aliphatic heterocycles. The molecule has 20 heavy (non-hydrogen) atoms. The maximum atomic E-state index is 11.9. The van der Waals surface area contributed by atoms with Crippen molar-refractivity contribution in [2.45, 2.75) is 40.0 Å². The van der Waals surface area contributed by atoms with Crippen molar-refractivity contribution in [3.05, 3.63) is 35.4 Å². The Morgan fingerprint density at radius 2 is 1.75 bits per heavy atom. The van der Waals surface area contributed by atoms with Crippen LogP contribution in [0.1, 0.15) is 44.7 Å². The highest BCUT2D eigenvalue weighted by Crippen LogP contribution is 2.18. The predicted octanol–water partition coefficient (Wildman–Crippen LogP) is 3.57. The van der Waals surface area contributed by atoms with Crippen LogP contribution in [-0.2, 0) is 20.7 Å². The van der Waals surface area contributed by atoms with E-state index < -0.39 is 0 Å². The molecule has 3 heteroatoms. The number of ether oxygens (including phenoxy) is 2. The van der Waals surface area contributed by atoms with Crippen LogP contribution in [0.4, 0.5) is 0 Å². The average Bonchev–Trinajstić information content (AvgIpc) is 2.43. The maximum absolute atomic E-state index is 11.9. The van der Waals surface area contributed by atoms with Gasteiger partial charge in [0.1, 0.15) is 6.61 Å². The summed E-state index contributed by atoms with van der Waals surface area (Å²) in [5, 5.41) is 0. The molecule has 0 heterocycles. The first kappa shape index (κ1) is 16.7. The van der Waals surface area contributed by atoms with Gasteiger partial charge in [-0.2, -0.15) is 0 Å². The van der Waals surface area contributed by atoms with Gasteiger partial charge in [0.05, 0.1) is 12.5 Å². The van der Waals surface area contributed by atoms with Crippen LogP contribution in [0, 0.1) is 5.92 Å². The summed E-state index contributed by atoms with van der Waals surface area (Å²) in [7, 11) is 0. The fourth-order valence-electron chi connectivity index (χ4n) is 2.02. The van der Waals surface area contributed by atoms with Crippen LogP contribution in [0.2, 0.25) is 0 Å². The summed E-state index contributed by atoms with van der Waals surface area (Å²) < 4.78 is 10.3. The van der Waals surface area contributed by atoms with Gasteiger partial charge in [-0.15, -0.1) is 0 Å². The van der Waals surface area contributed by atoms with E-state index in [1.165, 1.54) is 5.56 Å². The molecule has 0 fully saturated rings. The maximum Gasteiger partial charge on any atom is 0.313 e.